The Morgan fingerprint density at radius 1 is 0.615 bits per heavy atom. The number of nitrogens with two attached hydrogens (primary N) is 1. The SMILES string of the molecule is CCCCCCCCCCOc1ccc(CN2CCN(CCCN)CC2)c(OCCCCCCCCCC)c1. The summed E-state index contributed by atoms with van der Waals surface area (Å²) in [6.07, 6.45) is 22.3. The van der Waals surface area contributed by atoms with Crippen LogP contribution >= 0.6 is 0 Å². The van der Waals surface area contributed by atoms with E-state index in [2.05, 4.69) is 41.8 Å². The zero-order valence-electron chi connectivity index (χ0n) is 25.9. The molecule has 2 N–H and O–H groups in total. The van der Waals surface area contributed by atoms with Crippen LogP contribution in [-0.2, 0) is 6.54 Å². The summed E-state index contributed by atoms with van der Waals surface area (Å²) in [5.41, 5.74) is 7.00. The molecule has 1 aliphatic heterocycles. The molecule has 0 saturated carbocycles. The molecule has 1 aromatic carbocycles. The van der Waals surface area contributed by atoms with Crippen molar-refractivity contribution in [3.63, 3.8) is 0 Å². The molecule has 0 amide bonds. The van der Waals surface area contributed by atoms with Crippen molar-refractivity contribution >= 4 is 0 Å². The largest absolute Gasteiger partial charge is 0.493 e. The van der Waals surface area contributed by atoms with Crippen molar-refractivity contribution in [1.29, 1.82) is 0 Å². The molecule has 5 nitrogen and oxygen atoms in total. The van der Waals surface area contributed by atoms with Crippen LogP contribution in [0.5, 0.6) is 11.5 Å². The Labute approximate surface area is 242 Å². The Morgan fingerprint density at radius 3 is 1.69 bits per heavy atom. The average Bonchev–Trinajstić information content (AvgIpc) is 2.96. The molecule has 1 aliphatic rings. The van der Waals surface area contributed by atoms with Crippen molar-refractivity contribution in [2.45, 2.75) is 130 Å². The second-order valence-corrected chi connectivity index (χ2v) is 11.7. The number of hydrogen-bond donors (Lipinski definition) is 1. The van der Waals surface area contributed by atoms with E-state index in [1.807, 2.05) is 0 Å². The molecule has 2 rings (SSSR count). The Hall–Kier alpha value is -1.30. The highest BCUT2D eigenvalue weighted by Crippen LogP contribution is 2.27. The van der Waals surface area contributed by atoms with Gasteiger partial charge in [0.25, 0.3) is 0 Å². The average molecular weight is 546 g/mol. The van der Waals surface area contributed by atoms with Gasteiger partial charge in [0.2, 0.25) is 0 Å². The first-order chi connectivity index (χ1) is 19.3. The summed E-state index contributed by atoms with van der Waals surface area (Å²) >= 11 is 0. The summed E-state index contributed by atoms with van der Waals surface area (Å²) in [7, 11) is 0. The predicted molar refractivity (Wildman–Crippen MR) is 168 cm³/mol. The number of ether oxygens (including phenoxy) is 2. The van der Waals surface area contributed by atoms with Gasteiger partial charge in [-0.2, -0.15) is 0 Å². The van der Waals surface area contributed by atoms with Crippen LogP contribution in [-0.4, -0.2) is 62.3 Å². The van der Waals surface area contributed by atoms with Crippen LogP contribution in [0.3, 0.4) is 0 Å². The number of nitrogens with zero attached hydrogens (tertiary/aromatic N) is 2. The Morgan fingerprint density at radius 2 is 1.13 bits per heavy atom. The fourth-order valence-corrected chi connectivity index (χ4v) is 5.46. The lowest BCUT2D eigenvalue weighted by Crippen LogP contribution is -2.46. The molecule has 1 aromatic rings. The molecular formula is C34H63N3O2. The lowest BCUT2D eigenvalue weighted by molar-refractivity contribution is 0.125. The van der Waals surface area contributed by atoms with E-state index in [0.717, 1.165) is 89.8 Å². The molecule has 1 saturated heterocycles. The van der Waals surface area contributed by atoms with Gasteiger partial charge in [0, 0.05) is 44.4 Å². The van der Waals surface area contributed by atoms with E-state index >= 15 is 0 Å². The Bertz CT molecular complexity index is 691. The number of unbranched alkanes of at least 4 members (excludes halogenated alkanes) is 14. The summed E-state index contributed by atoms with van der Waals surface area (Å²) in [5.74, 6) is 1.98. The normalized spacial score (nSPS) is 14.6. The van der Waals surface area contributed by atoms with Gasteiger partial charge in [0.05, 0.1) is 13.2 Å². The fourth-order valence-electron chi connectivity index (χ4n) is 5.46. The third-order valence-corrected chi connectivity index (χ3v) is 8.10. The van der Waals surface area contributed by atoms with Crippen molar-refractivity contribution in [3.8, 4) is 11.5 Å². The minimum atomic E-state index is 0.785. The monoisotopic (exact) mass is 545 g/mol. The second-order valence-electron chi connectivity index (χ2n) is 11.7. The summed E-state index contributed by atoms with van der Waals surface area (Å²) < 4.78 is 12.6. The van der Waals surface area contributed by atoms with Gasteiger partial charge in [-0.05, 0) is 38.4 Å². The molecule has 0 aliphatic carbocycles. The number of rotatable bonds is 25. The van der Waals surface area contributed by atoms with Gasteiger partial charge in [0.15, 0.2) is 0 Å². The van der Waals surface area contributed by atoms with Gasteiger partial charge in [-0.25, -0.2) is 0 Å². The molecular weight excluding hydrogens is 482 g/mol. The van der Waals surface area contributed by atoms with Gasteiger partial charge in [-0.15, -0.1) is 0 Å². The fraction of sp³-hybridized carbons (Fsp3) is 0.824. The molecule has 0 unspecified atom stereocenters. The molecule has 1 fully saturated rings. The van der Waals surface area contributed by atoms with Crippen molar-refractivity contribution in [2.24, 2.45) is 5.73 Å². The Balaban J connectivity index is 1.78. The zero-order chi connectivity index (χ0) is 27.8. The first-order valence-corrected chi connectivity index (χ1v) is 16.8. The number of hydrogen-bond acceptors (Lipinski definition) is 5. The maximum Gasteiger partial charge on any atom is 0.127 e. The van der Waals surface area contributed by atoms with Crippen molar-refractivity contribution < 1.29 is 9.47 Å². The standard InChI is InChI=1S/C34H63N3O2/c1-3-5-7-9-11-13-15-17-28-38-33-21-20-32(31-37-26-24-36(25-27-37)23-19-22-35)34(30-33)39-29-18-16-14-12-10-8-6-4-2/h20-21,30H,3-19,22-29,31,35H2,1-2H3. The van der Waals surface area contributed by atoms with Crippen LogP contribution in [0.25, 0.3) is 0 Å². The Kier molecular flexibility index (Phi) is 20.4. The lowest BCUT2D eigenvalue weighted by Gasteiger charge is -2.35. The first kappa shape index (κ1) is 33.9. The van der Waals surface area contributed by atoms with Crippen LogP contribution in [0, 0.1) is 0 Å². The van der Waals surface area contributed by atoms with Crippen LogP contribution in [0.4, 0.5) is 0 Å². The summed E-state index contributed by atoms with van der Waals surface area (Å²) in [6.45, 7) is 13.5. The van der Waals surface area contributed by atoms with E-state index in [0.29, 0.717) is 0 Å². The van der Waals surface area contributed by atoms with Gasteiger partial charge in [-0.3, -0.25) is 4.90 Å². The summed E-state index contributed by atoms with van der Waals surface area (Å²) in [6, 6.07) is 6.55. The predicted octanol–water partition coefficient (Wildman–Crippen LogP) is 8.19. The van der Waals surface area contributed by atoms with E-state index in [4.69, 9.17) is 15.2 Å². The van der Waals surface area contributed by atoms with E-state index in [1.165, 1.54) is 95.5 Å². The molecule has 0 aromatic heterocycles. The highest BCUT2D eigenvalue weighted by atomic mass is 16.5. The molecule has 226 valence electrons. The first-order valence-electron chi connectivity index (χ1n) is 16.8. The number of benzene rings is 1. The van der Waals surface area contributed by atoms with Gasteiger partial charge < -0.3 is 20.1 Å². The van der Waals surface area contributed by atoms with Gasteiger partial charge in [0.1, 0.15) is 11.5 Å². The van der Waals surface area contributed by atoms with Crippen LogP contribution in [0.2, 0.25) is 0 Å². The minimum absolute atomic E-state index is 0.785. The third kappa shape index (κ3) is 16.5. The van der Waals surface area contributed by atoms with E-state index < -0.39 is 0 Å². The van der Waals surface area contributed by atoms with Crippen molar-refractivity contribution in [3.05, 3.63) is 23.8 Å². The summed E-state index contributed by atoms with van der Waals surface area (Å²) in [4.78, 5) is 5.11. The molecule has 0 radical (unpaired) electrons. The van der Waals surface area contributed by atoms with Crippen LogP contribution in [0.1, 0.15) is 129 Å². The lowest BCUT2D eigenvalue weighted by atomic mass is 10.1. The number of piperazine rings is 1. The second kappa shape index (κ2) is 23.4. The van der Waals surface area contributed by atoms with Crippen LogP contribution in [0.15, 0.2) is 18.2 Å². The minimum Gasteiger partial charge on any atom is -0.493 e. The molecule has 5 heteroatoms. The van der Waals surface area contributed by atoms with Gasteiger partial charge in [-0.1, -0.05) is 110 Å². The van der Waals surface area contributed by atoms with E-state index in [9.17, 15) is 0 Å². The molecule has 39 heavy (non-hydrogen) atoms. The molecule has 0 spiro atoms. The van der Waals surface area contributed by atoms with Crippen molar-refractivity contribution in [2.75, 3.05) is 52.5 Å². The topological polar surface area (TPSA) is 51.0 Å². The molecule has 1 heterocycles. The highest BCUT2D eigenvalue weighted by Gasteiger charge is 2.18. The maximum atomic E-state index is 6.40. The zero-order valence-corrected chi connectivity index (χ0v) is 25.9. The smallest absolute Gasteiger partial charge is 0.127 e. The highest BCUT2D eigenvalue weighted by molar-refractivity contribution is 5.41. The molecule has 0 bridgehead atoms. The van der Waals surface area contributed by atoms with E-state index in [1.54, 1.807) is 0 Å². The van der Waals surface area contributed by atoms with Crippen molar-refractivity contribution in [1.82, 2.24) is 9.80 Å². The third-order valence-electron chi connectivity index (χ3n) is 8.10. The van der Waals surface area contributed by atoms with Crippen LogP contribution < -0.4 is 15.2 Å². The quantitative estimate of drug-likeness (QED) is 0.126. The summed E-state index contributed by atoms with van der Waals surface area (Å²) in [5, 5.41) is 0. The maximum absolute atomic E-state index is 6.40. The van der Waals surface area contributed by atoms with Gasteiger partial charge >= 0.3 is 0 Å². The van der Waals surface area contributed by atoms with E-state index in [-0.39, 0.29) is 0 Å². The molecule has 0 atom stereocenters.